The van der Waals surface area contributed by atoms with E-state index < -0.39 is 15.8 Å². The average Bonchev–Trinajstić information content (AvgIpc) is 2.72. The van der Waals surface area contributed by atoms with Crippen LogP contribution in [-0.2, 0) is 10.0 Å². The molecule has 3 aromatic rings. The molecule has 32 heavy (non-hydrogen) atoms. The molecule has 0 aliphatic heterocycles. The summed E-state index contributed by atoms with van der Waals surface area (Å²) in [6.45, 7) is 5.62. The normalized spacial score (nSPS) is 11.3. The summed E-state index contributed by atoms with van der Waals surface area (Å²) in [5.74, 6) is 0.801. The number of rotatable bonds is 9. The Balaban J connectivity index is 1.89. The Labute approximate surface area is 196 Å². The minimum absolute atomic E-state index is 0.0189. The van der Waals surface area contributed by atoms with E-state index >= 15 is 0 Å². The Bertz CT molecular complexity index is 1190. The quantitative estimate of drug-likeness (QED) is 0.385. The highest BCUT2D eigenvalue weighted by Gasteiger charge is 2.12. The number of halogens is 2. The van der Waals surface area contributed by atoms with Crippen LogP contribution in [0.3, 0.4) is 0 Å². The van der Waals surface area contributed by atoms with Crippen molar-refractivity contribution in [1.82, 2.24) is 9.97 Å². The lowest BCUT2D eigenvalue weighted by molar-refractivity contribution is 0.607. The number of nitrogens with one attached hydrogen (secondary N) is 2. The summed E-state index contributed by atoms with van der Waals surface area (Å²) in [5, 5.41) is 3.68. The molecule has 0 amide bonds. The van der Waals surface area contributed by atoms with Crippen LogP contribution < -0.4 is 14.9 Å². The molecule has 0 aliphatic carbocycles. The van der Waals surface area contributed by atoms with E-state index in [-0.39, 0.29) is 5.02 Å². The van der Waals surface area contributed by atoms with Gasteiger partial charge in [0.1, 0.15) is 17.5 Å². The number of nitrogens with zero attached hydrogens (tertiary/aromatic N) is 3. The molecule has 1 aromatic heterocycles. The van der Waals surface area contributed by atoms with Gasteiger partial charge in [0.15, 0.2) is 5.16 Å². The molecule has 170 valence electrons. The number of hydrogen-bond donors (Lipinski definition) is 2. The van der Waals surface area contributed by atoms with Crippen LogP contribution in [0.25, 0.3) is 0 Å². The summed E-state index contributed by atoms with van der Waals surface area (Å²) >= 11 is 7.24. The fourth-order valence-electron chi connectivity index (χ4n) is 2.86. The second-order valence-corrected chi connectivity index (χ2v) is 10.0. The molecule has 1 heterocycles. The molecule has 0 fully saturated rings. The second kappa shape index (κ2) is 10.4. The minimum Gasteiger partial charge on any atom is -0.357 e. The van der Waals surface area contributed by atoms with Crippen LogP contribution in [0, 0.1) is 5.82 Å². The van der Waals surface area contributed by atoms with Crippen molar-refractivity contribution in [2.75, 3.05) is 34.3 Å². The summed E-state index contributed by atoms with van der Waals surface area (Å²) in [7, 11) is -3.34. The highest BCUT2D eigenvalue weighted by Crippen LogP contribution is 2.30. The predicted octanol–water partition coefficient (Wildman–Crippen LogP) is 5.38. The average molecular weight is 496 g/mol. The van der Waals surface area contributed by atoms with Gasteiger partial charge in [0.2, 0.25) is 10.0 Å². The predicted molar refractivity (Wildman–Crippen MR) is 129 cm³/mol. The van der Waals surface area contributed by atoms with E-state index in [9.17, 15) is 12.8 Å². The number of sulfonamides is 1. The molecule has 0 atom stereocenters. The van der Waals surface area contributed by atoms with Crippen molar-refractivity contribution >= 4 is 56.4 Å². The number of benzene rings is 2. The van der Waals surface area contributed by atoms with Gasteiger partial charge in [0, 0.05) is 35.4 Å². The molecule has 11 heteroatoms. The fourth-order valence-corrected chi connectivity index (χ4v) is 4.38. The van der Waals surface area contributed by atoms with Gasteiger partial charge in [-0.3, -0.25) is 4.72 Å². The molecule has 2 N–H and O–H groups in total. The molecule has 7 nitrogen and oxygen atoms in total. The van der Waals surface area contributed by atoms with E-state index in [1.165, 1.54) is 23.9 Å². The van der Waals surface area contributed by atoms with Crippen LogP contribution >= 0.6 is 23.4 Å². The Morgan fingerprint density at radius 1 is 1.03 bits per heavy atom. The zero-order valence-electron chi connectivity index (χ0n) is 17.8. The molecule has 2 aromatic carbocycles. The van der Waals surface area contributed by atoms with Gasteiger partial charge >= 0.3 is 0 Å². The Kier molecular flexibility index (Phi) is 7.81. The smallest absolute Gasteiger partial charge is 0.229 e. The van der Waals surface area contributed by atoms with Gasteiger partial charge in [0.05, 0.1) is 11.3 Å². The summed E-state index contributed by atoms with van der Waals surface area (Å²) in [6, 6.07) is 13.1. The van der Waals surface area contributed by atoms with Crippen LogP contribution in [-0.4, -0.2) is 37.7 Å². The summed E-state index contributed by atoms with van der Waals surface area (Å²) in [6.07, 6.45) is 1.10. The maximum Gasteiger partial charge on any atom is 0.229 e. The van der Waals surface area contributed by atoms with Gasteiger partial charge < -0.3 is 10.2 Å². The zero-order chi connectivity index (χ0) is 23.3. The third kappa shape index (κ3) is 6.72. The molecule has 0 radical (unpaired) electrons. The lowest BCUT2D eigenvalue weighted by Crippen LogP contribution is -2.23. The van der Waals surface area contributed by atoms with Crippen molar-refractivity contribution in [3.63, 3.8) is 0 Å². The van der Waals surface area contributed by atoms with Crippen molar-refractivity contribution in [2.45, 2.75) is 23.9 Å². The highest BCUT2D eigenvalue weighted by atomic mass is 35.5. The van der Waals surface area contributed by atoms with E-state index in [2.05, 4.69) is 24.9 Å². The number of anilines is 4. The van der Waals surface area contributed by atoms with E-state index in [0.717, 1.165) is 30.1 Å². The monoisotopic (exact) mass is 495 g/mol. The first-order valence-corrected chi connectivity index (χ1v) is 12.9. The molecule has 0 aliphatic rings. The fraction of sp³-hybridized carbons (Fsp3) is 0.238. The summed E-state index contributed by atoms with van der Waals surface area (Å²) < 4.78 is 38.7. The maximum atomic E-state index is 13.5. The summed E-state index contributed by atoms with van der Waals surface area (Å²) in [5.41, 5.74) is 1.08. The van der Waals surface area contributed by atoms with E-state index in [4.69, 9.17) is 11.6 Å². The molecule has 0 saturated carbocycles. The van der Waals surface area contributed by atoms with E-state index in [1.807, 2.05) is 19.9 Å². The Morgan fingerprint density at radius 3 is 2.28 bits per heavy atom. The molecule has 0 unspecified atom stereocenters. The van der Waals surface area contributed by atoms with Crippen LogP contribution in [0.4, 0.5) is 27.4 Å². The maximum absolute atomic E-state index is 13.5. The zero-order valence-corrected chi connectivity index (χ0v) is 20.2. The third-order valence-electron chi connectivity index (χ3n) is 4.34. The van der Waals surface area contributed by atoms with Crippen molar-refractivity contribution in [1.29, 1.82) is 0 Å². The van der Waals surface area contributed by atoms with Gasteiger partial charge in [0.25, 0.3) is 0 Å². The van der Waals surface area contributed by atoms with Crippen molar-refractivity contribution in [2.24, 2.45) is 0 Å². The lowest BCUT2D eigenvalue weighted by Gasteiger charge is -2.21. The van der Waals surface area contributed by atoms with Crippen LogP contribution in [0.15, 0.2) is 58.6 Å². The van der Waals surface area contributed by atoms with Gasteiger partial charge in [-0.25, -0.2) is 22.8 Å². The Morgan fingerprint density at radius 2 is 1.69 bits per heavy atom. The molecule has 0 spiro atoms. The molecular formula is C21H23ClFN5O2S2. The first-order chi connectivity index (χ1) is 15.2. The number of aromatic nitrogens is 2. The van der Waals surface area contributed by atoms with Crippen molar-refractivity contribution in [3.8, 4) is 0 Å². The standard InChI is InChI=1S/C21H23ClFN5O2S2/c1-4-28(5-2)20-13-19(24-15-8-11-18(23)17(22)12-15)25-21(26-20)31-16-9-6-14(7-10-16)27-32(3,29)30/h6-13,27H,4-5H2,1-3H3,(H,24,25,26). The third-order valence-corrected chi connectivity index (χ3v) is 6.11. The minimum atomic E-state index is -3.34. The largest absolute Gasteiger partial charge is 0.357 e. The van der Waals surface area contributed by atoms with Gasteiger partial charge in [-0.2, -0.15) is 0 Å². The van der Waals surface area contributed by atoms with Crippen molar-refractivity contribution in [3.05, 3.63) is 59.4 Å². The van der Waals surface area contributed by atoms with Gasteiger partial charge in [-0.15, -0.1) is 0 Å². The number of hydrogen-bond acceptors (Lipinski definition) is 7. The molecule has 3 rings (SSSR count). The van der Waals surface area contributed by atoms with Gasteiger partial charge in [-0.05, 0) is 68.1 Å². The highest BCUT2D eigenvalue weighted by molar-refractivity contribution is 7.99. The topological polar surface area (TPSA) is 87.2 Å². The molecule has 0 saturated heterocycles. The molecular weight excluding hydrogens is 473 g/mol. The SMILES string of the molecule is CCN(CC)c1cc(Nc2ccc(F)c(Cl)c2)nc(Sc2ccc(NS(C)(=O)=O)cc2)n1. The van der Waals surface area contributed by atoms with Crippen LogP contribution in [0.5, 0.6) is 0 Å². The summed E-state index contributed by atoms with van der Waals surface area (Å²) in [4.78, 5) is 12.2. The first-order valence-electron chi connectivity index (χ1n) is 9.78. The van der Waals surface area contributed by atoms with Crippen LogP contribution in [0.2, 0.25) is 5.02 Å². The molecule has 0 bridgehead atoms. The van der Waals surface area contributed by atoms with Crippen molar-refractivity contribution < 1.29 is 12.8 Å². The first kappa shape index (κ1) is 24.1. The van der Waals surface area contributed by atoms with E-state index in [0.29, 0.717) is 22.3 Å². The van der Waals surface area contributed by atoms with Crippen LogP contribution in [0.1, 0.15) is 13.8 Å². The van der Waals surface area contributed by atoms with Gasteiger partial charge in [-0.1, -0.05) is 11.6 Å². The Hall–Kier alpha value is -2.56. The lowest BCUT2D eigenvalue weighted by atomic mass is 10.3. The van der Waals surface area contributed by atoms with E-state index in [1.54, 1.807) is 30.3 Å². The second-order valence-electron chi connectivity index (χ2n) is 6.82.